The predicted molar refractivity (Wildman–Crippen MR) is 87.6 cm³/mol. The molecule has 2 aromatic carbocycles. The summed E-state index contributed by atoms with van der Waals surface area (Å²) < 4.78 is 19.6. The molecule has 5 heteroatoms. The number of hydrogen-bond donors (Lipinski definition) is 1. The van der Waals surface area contributed by atoms with Gasteiger partial charge < -0.3 is 10.1 Å². The third-order valence-electron chi connectivity index (χ3n) is 4.12. The van der Waals surface area contributed by atoms with Crippen molar-refractivity contribution in [2.75, 3.05) is 19.7 Å². The highest BCUT2D eigenvalue weighted by Crippen LogP contribution is 2.28. The molecular formula is C19H16FN3O. The van der Waals surface area contributed by atoms with Crippen LogP contribution in [0, 0.1) is 28.5 Å². The van der Waals surface area contributed by atoms with Crippen molar-refractivity contribution in [2.45, 2.75) is 12.5 Å². The topological polar surface area (TPSA) is 68.8 Å². The number of nitrogens with zero attached hydrogens (tertiary/aromatic N) is 2. The van der Waals surface area contributed by atoms with E-state index in [0.717, 1.165) is 18.7 Å². The summed E-state index contributed by atoms with van der Waals surface area (Å²) in [5.41, 5.74) is 2.66. The lowest BCUT2D eigenvalue weighted by Crippen LogP contribution is -2.39. The van der Waals surface area contributed by atoms with E-state index in [1.54, 1.807) is 18.2 Å². The maximum absolute atomic E-state index is 13.9. The van der Waals surface area contributed by atoms with Crippen molar-refractivity contribution in [3.05, 3.63) is 58.9 Å². The van der Waals surface area contributed by atoms with Crippen molar-refractivity contribution in [1.82, 2.24) is 5.32 Å². The summed E-state index contributed by atoms with van der Waals surface area (Å²) in [6.45, 7) is 2.25. The predicted octanol–water partition coefficient (Wildman–Crippen LogP) is 2.77. The number of ether oxygens (including phenoxy) is 1. The van der Waals surface area contributed by atoms with E-state index in [1.165, 1.54) is 12.1 Å². The number of nitriles is 2. The minimum Gasteiger partial charge on any atom is -0.375 e. The summed E-state index contributed by atoms with van der Waals surface area (Å²) in [4.78, 5) is 0. The van der Waals surface area contributed by atoms with Gasteiger partial charge in [-0.3, -0.25) is 0 Å². The Balaban J connectivity index is 1.97. The van der Waals surface area contributed by atoms with Crippen LogP contribution in [0.2, 0.25) is 0 Å². The van der Waals surface area contributed by atoms with E-state index in [-0.39, 0.29) is 11.7 Å². The summed E-state index contributed by atoms with van der Waals surface area (Å²) in [5, 5.41) is 21.7. The number of hydrogen-bond acceptors (Lipinski definition) is 4. The lowest BCUT2D eigenvalue weighted by Gasteiger charge is -2.24. The van der Waals surface area contributed by atoms with Crippen LogP contribution in [0.15, 0.2) is 36.4 Å². The highest BCUT2D eigenvalue weighted by molar-refractivity contribution is 5.72. The average Bonchev–Trinajstić information content (AvgIpc) is 2.62. The Hall–Kier alpha value is -2.73. The third kappa shape index (κ3) is 3.28. The van der Waals surface area contributed by atoms with Crippen molar-refractivity contribution in [1.29, 1.82) is 10.5 Å². The van der Waals surface area contributed by atoms with Gasteiger partial charge in [0.25, 0.3) is 0 Å². The van der Waals surface area contributed by atoms with Crippen molar-refractivity contribution in [3.8, 4) is 23.3 Å². The number of benzene rings is 2. The Kier molecular flexibility index (Phi) is 4.86. The molecule has 1 atom stereocenters. The molecule has 0 radical (unpaired) electrons. The Morgan fingerprint density at radius 1 is 1.21 bits per heavy atom. The molecule has 0 bridgehead atoms. The van der Waals surface area contributed by atoms with Crippen molar-refractivity contribution in [3.63, 3.8) is 0 Å². The van der Waals surface area contributed by atoms with Gasteiger partial charge in [0, 0.05) is 19.5 Å². The quantitative estimate of drug-likeness (QED) is 0.944. The van der Waals surface area contributed by atoms with E-state index in [9.17, 15) is 9.65 Å². The maximum Gasteiger partial charge on any atom is 0.141 e. The molecule has 3 rings (SSSR count). The Labute approximate surface area is 140 Å². The van der Waals surface area contributed by atoms with E-state index in [4.69, 9.17) is 10.00 Å². The molecular weight excluding hydrogens is 305 g/mol. The second-order valence-corrected chi connectivity index (χ2v) is 5.66. The van der Waals surface area contributed by atoms with Crippen LogP contribution < -0.4 is 5.32 Å². The van der Waals surface area contributed by atoms with Crippen LogP contribution in [-0.4, -0.2) is 25.8 Å². The van der Waals surface area contributed by atoms with Crippen LogP contribution in [0.25, 0.3) is 11.1 Å². The molecule has 4 nitrogen and oxygen atoms in total. The summed E-state index contributed by atoms with van der Waals surface area (Å²) in [6, 6.07) is 14.0. The molecule has 1 aliphatic rings. The highest BCUT2D eigenvalue weighted by Gasteiger charge is 2.18. The SMILES string of the molecule is N#Cc1ccc(-c2cccc(CC3CNCCO3)c2C#N)cc1F. The van der Waals surface area contributed by atoms with Crippen LogP contribution in [0.5, 0.6) is 0 Å². The number of morpholine rings is 1. The molecule has 1 heterocycles. The normalized spacial score (nSPS) is 17.0. The van der Waals surface area contributed by atoms with Gasteiger partial charge in [0.15, 0.2) is 0 Å². The Morgan fingerprint density at radius 3 is 2.75 bits per heavy atom. The minimum atomic E-state index is -0.580. The molecule has 0 saturated carbocycles. The van der Waals surface area contributed by atoms with Crippen molar-refractivity contribution < 1.29 is 9.13 Å². The monoisotopic (exact) mass is 321 g/mol. The molecule has 0 spiro atoms. The zero-order valence-electron chi connectivity index (χ0n) is 13.1. The molecule has 120 valence electrons. The molecule has 2 aromatic rings. The number of rotatable bonds is 3. The summed E-state index contributed by atoms with van der Waals surface area (Å²) in [5.74, 6) is -0.580. The molecule has 0 aromatic heterocycles. The Bertz CT molecular complexity index is 829. The van der Waals surface area contributed by atoms with Gasteiger partial charge in [-0.1, -0.05) is 24.3 Å². The smallest absolute Gasteiger partial charge is 0.141 e. The van der Waals surface area contributed by atoms with Crippen LogP contribution in [0.4, 0.5) is 4.39 Å². The zero-order valence-corrected chi connectivity index (χ0v) is 13.1. The van der Waals surface area contributed by atoms with Crippen molar-refractivity contribution >= 4 is 0 Å². The lowest BCUT2D eigenvalue weighted by atomic mass is 9.93. The first-order valence-corrected chi connectivity index (χ1v) is 7.77. The maximum atomic E-state index is 13.9. The molecule has 0 aliphatic carbocycles. The standard InChI is InChI=1S/C19H16FN3O/c20-19-9-14(4-5-15(19)10-21)17-3-1-2-13(18(17)11-22)8-16-12-23-6-7-24-16/h1-5,9,16,23H,6-8,12H2. The van der Waals surface area contributed by atoms with Crippen LogP contribution in [-0.2, 0) is 11.2 Å². The first-order valence-electron chi connectivity index (χ1n) is 7.77. The molecule has 1 saturated heterocycles. The van der Waals surface area contributed by atoms with Crippen LogP contribution >= 0.6 is 0 Å². The van der Waals surface area contributed by atoms with Gasteiger partial charge >= 0.3 is 0 Å². The fourth-order valence-electron chi connectivity index (χ4n) is 2.91. The van der Waals surface area contributed by atoms with Gasteiger partial charge in [0.1, 0.15) is 18.0 Å². The molecule has 0 amide bonds. The van der Waals surface area contributed by atoms with E-state index in [1.807, 2.05) is 12.1 Å². The Morgan fingerprint density at radius 2 is 2.08 bits per heavy atom. The molecule has 1 aliphatic heterocycles. The first-order chi connectivity index (χ1) is 11.7. The van der Waals surface area contributed by atoms with Crippen LogP contribution in [0.1, 0.15) is 16.7 Å². The van der Waals surface area contributed by atoms with E-state index < -0.39 is 5.82 Å². The zero-order chi connectivity index (χ0) is 16.9. The van der Waals surface area contributed by atoms with E-state index in [2.05, 4.69) is 11.4 Å². The molecule has 1 N–H and O–H groups in total. The van der Waals surface area contributed by atoms with Gasteiger partial charge in [-0.2, -0.15) is 10.5 Å². The van der Waals surface area contributed by atoms with Gasteiger partial charge in [-0.15, -0.1) is 0 Å². The van der Waals surface area contributed by atoms with Crippen molar-refractivity contribution in [2.24, 2.45) is 0 Å². The van der Waals surface area contributed by atoms with Gasteiger partial charge in [-0.05, 0) is 28.8 Å². The molecule has 1 fully saturated rings. The summed E-state index contributed by atoms with van der Waals surface area (Å²) in [7, 11) is 0. The van der Waals surface area contributed by atoms with Gasteiger partial charge in [-0.25, -0.2) is 4.39 Å². The second kappa shape index (κ2) is 7.23. The van der Waals surface area contributed by atoms with Gasteiger partial charge in [0.2, 0.25) is 0 Å². The molecule has 1 unspecified atom stereocenters. The van der Waals surface area contributed by atoms with Gasteiger partial charge in [0.05, 0.1) is 23.8 Å². The number of halogens is 1. The number of nitrogens with one attached hydrogen (secondary N) is 1. The second-order valence-electron chi connectivity index (χ2n) is 5.66. The lowest BCUT2D eigenvalue weighted by molar-refractivity contribution is 0.0292. The first kappa shape index (κ1) is 16.1. The van der Waals surface area contributed by atoms with E-state index in [0.29, 0.717) is 29.7 Å². The largest absolute Gasteiger partial charge is 0.375 e. The highest BCUT2D eigenvalue weighted by atomic mass is 19.1. The summed E-state index contributed by atoms with van der Waals surface area (Å²) >= 11 is 0. The minimum absolute atomic E-state index is 0.00454. The van der Waals surface area contributed by atoms with E-state index >= 15 is 0 Å². The average molecular weight is 321 g/mol. The fourth-order valence-corrected chi connectivity index (χ4v) is 2.91. The third-order valence-corrected chi connectivity index (χ3v) is 4.12. The molecule has 24 heavy (non-hydrogen) atoms. The van der Waals surface area contributed by atoms with Crippen LogP contribution in [0.3, 0.4) is 0 Å². The fraction of sp³-hybridized carbons (Fsp3) is 0.263. The summed E-state index contributed by atoms with van der Waals surface area (Å²) in [6.07, 6.45) is 0.654.